The summed E-state index contributed by atoms with van der Waals surface area (Å²) in [6.07, 6.45) is -0.477. The first-order valence-electron chi connectivity index (χ1n) is 9.47. The van der Waals surface area contributed by atoms with Crippen LogP contribution in [0.4, 0.5) is 0 Å². The SMILES string of the molecule is Cc1cc2c(ccc3nnnn32)c(-c2ccc(Cl)cc2)c1[C@@H](CO)OC(C)(C)C. The number of pyridine rings is 1. The number of benzene rings is 2. The molecular formula is C22H23ClN4O2. The van der Waals surface area contributed by atoms with Crippen LogP contribution in [-0.4, -0.2) is 37.4 Å². The van der Waals surface area contributed by atoms with E-state index in [1.807, 2.05) is 70.2 Å². The number of aliphatic hydroxyl groups is 1. The summed E-state index contributed by atoms with van der Waals surface area (Å²) in [4.78, 5) is 0. The van der Waals surface area contributed by atoms with Crippen LogP contribution in [0.3, 0.4) is 0 Å². The van der Waals surface area contributed by atoms with Crippen LogP contribution >= 0.6 is 11.6 Å². The van der Waals surface area contributed by atoms with Crippen LogP contribution in [-0.2, 0) is 4.74 Å². The van der Waals surface area contributed by atoms with Crippen molar-refractivity contribution < 1.29 is 9.84 Å². The largest absolute Gasteiger partial charge is 0.393 e. The number of hydrogen-bond acceptors (Lipinski definition) is 5. The number of tetrazole rings is 1. The Bertz CT molecular complexity index is 1180. The normalized spacial score (nSPS) is 13.3. The third-order valence-electron chi connectivity index (χ3n) is 4.83. The molecule has 150 valence electrons. The summed E-state index contributed by atoms with van der Waals surface area (Å²) < 4.78 is 7.96. The first-order chi connectivity index (χ1) is 13.8. The van der Waals surface area contributed by atoms with Crippen molar-refractivity contribution in [1.29, 1.82) is 0 Å². The molecule has 0 aliphatic heterocycles. The number of ether oxygens (including phenoxy) is 1. The summed E-state index contributed by atoms with van der Waals surface area (Å²) >= 11 is 6.13. The minimum Gasteiger partial charge on any atom is -0.393 e. The molecule has 0 amide bonds. The Labute approximate surface area is 174 Å². The molecule has 4 aromatic rings. The predicted molar refractivity (Wildman–Crippen MR) is 114 cm³/mol. The number of halogens is 1. The van der Waals surface area contributed by atoms with E-state index in [0.717, 1.165) is 33.2 Å². The van der Waals surface area contributed by atoms with Gasteiger partial charge in [0.05, 0.1) is 17.7 Å². The van der Waals surface area contributed by atoms with Gasteiger partial charge in [0, 0.05) is 10.4 Å². The number of rotatable bonds is 4. The van der Waals surface area contributed by atoms with Crippen LogP contribution in [0.2, 0.25) is 5.02 Å². The predicted octanol–water partition coefficient (Wildman–Crippen LogP) is 4.75. The van der Waals surface area contributed by atoms with Gasteiger partial charge in [0.15, 0.2) is 5.65 Å². The molecule has 6 nitrogen and oxygen atoms in total. The lowest BCUT2D eigenvalue weighted by Crippen LogP contribution is -2.25. The highest BCUT2D eigenvalue weighted by Crippen LogP contribution is 2.40. The van der Waals surface area contributed by atoms with Gasteiger partial charge in [-0.1, -0.05) is 23.7 Å². The second kappa shape index (κ2) is 7.37. The Balaban J connectivity index is 2.08. The van der Waals surface area contributed by atoms with Crippen molar-refractivity contribution in [2.45, 2.75) is 39.4 Å². The van der Waals surface area contributed by atoms with E-state index in [2.05, 4.69) is 15.5 Å². The molecule has 4 rings (SSSR count). The van der Waals surface area contributed by atoms with Crippen molar-refractivity contribution in [3.8, 4) is 11.1 Å². The first kappa shape index (κ1) is 19.8. The van der Waals surface area contributed by atoms with E-state index in [0.29, 0.717) is 10.7 Å². The van der Waals surface area contributed by atoms with Crippen molar-refractivity contribution in [3.05, 3.63) is 58.6 Å². The fourth-order valence-electron chi connectivity index (χ4n) is 3.76. The Hall–Kier alpha value is -2.54. The summed E-state index contributed by atoms with van der Waals surface area (Å²) in [5.41, 5.74) is 5.08. The van der Waals surface area contributed by atoms with Gasteiger partial charge in [-0.05, 0) is 90.7 Å². The highest BCUT2D eigenvalue weighted by molar-refractivity contribution is 6.30. The minimum atomic E-state index is -0.477. The van der Waals surface area contributed by atoms with Crippen LogP contribution in [0.1, 0.15) is 38.0 Å². The second-order valence-electron chi connectivity index (χ2n) is 8.11. The molecule has 0 aliphatic rings. The molecule has 7 heteroatoms. The van der Waals surface area contributed by atoms with Gasteiger partial charge in [-0.3, -0.25) is 0 Å². The van der Waals surface area contributed by atoms with Crippen molar-refractivity contribution in [1.82, 2.24) is 20.0 Å². The third kappa shape index (κ3) is 3.71. The van der Waals surface area contributed by atoms with Crippen LogP contribution in [0, 0.1) is 6.92 Å². The highest BCUT2D eigenvalue weighted by Gasteiger charge is 2.26. The zero-order chi connectivity index (χ0) is 20.8. The molecule has 2 aromatic heterocycles. The second-order valence-corrected chi connectivity index (χ2v) is 8.54. The number of aryl methyl sites for hydroxylation is 1. The van der Waals surface area contributed by atoms with Gasteiger partial charge in [0.1, 0.15) is 6.10 Å². The summed E-state index contributed by atoms with van der Waals surface area (Å²) in [7, 11) is 0. The molecule has 2 aromatic carbocycles. The monoisotopic (exact) mass is 410 g/mol. The van der Waals surface area contributed by atoms with E-state index in [1.54, 1.807) is 4.52 Å². The molecule has 0 fully saturated rings. The zero-order valence-corrected chi connectivity index (χ0v) is 17.6. The number of aliphatic hydroxyl groups excluding tert-OH is 1. The molecule has 0 saturated heterocycles. The zero-order valence-electron chi connectivity index (χ0n) is 16.8. The maximum absolute atomic E-state index is 10.2. The van der Waals surface area contributed by atoms with E-state index in [9.17, 15) is 5.11 Å². The maximum atomic E-state index is 10.2. The van der Waals surface area contributed by atoms with E-state index >= 15 is 0 Å². The number of nitrogens with zero attached hydrogens (tertiary/aromatic N) is 4. The van der Waals surface area contributed by atoms with Gasteiger partial charge in [-0.15, -0.1) is 5.10 Å². The minimum absolute atomic E-state index is 0.128. The van der Waals surface area contributed by atoms with Gasteiger partial charge in [-0.2, -0.15) is 4.52 Å². The molecule has 0 saturated carbocycles. The standard InChI is InChI=1S/C22H23ClN4O2/c1-13-11-17-16(9-10-19-24-25-26-27(17)19)21(14-5-7-15(23)8-6-14)20(13)18(12-28)29-22(2,3)4/h5-11,18,28H,12H2,1-4H3/t18-/m1/s1. The first-order valence-corrected chi connectivity index (χ1v) is 9.85. The van der Waals surface area contributed by atoms with Gasteiger partial charge in [0.2, 0.25) is 0 Å². The number of fused-ring (bicyclic) bond motifs is 3. The Morgan fingerprint density at radius 1 is 1.14 bits per heavy atom. The number of hydrogen-bond donors (Lipinski definition) is 1. The van der Waals surface area contributed by atoms with Gasteiger partial charge in [0.25, 0.3) is 0 Å². The molecule has 1 atom stereocenters. The highest BCUT2D eigenvalue weighted by atomic mass is 35.5. The molecule has 0 bridgehead atoms. The Morgan fingerprint density at radius 2 is 1.86 bits per heavy atom. The molecule has 0 aliphatic carbocycles. The topological polar surface area (TPSA) is 72.5 Å². The lowest BCUT2D eigenvalue weighted by atomic mass is 9.88. The summed E-state index contributed by atoms with van der Waals surface area (Å²) in [5, 5.41) is 23.8. The third-order valence-corrected chi connectivity index (χ3v) is 5.08. The van der Waals surface area contributed by atoms with E-state index in [-0.39, 0.29) is 6.61 Å². The lowest BCUT2D eigenvalue weighted by Gasteiger charge is -2.30. The van der Waals surface area contributed by atoms with E-state index < -0.39 is 11.7 Å². The molecule has 1 N–H and O–H groups in total. The van der Waals surface area contributed by atoms with E-state index in [1.165, 1.54) is 0 Å². The van der Waals surface area contributed by atoms with Crippen molar-refractivity contribution in [2.24, 2.45) is 0 Å². The Morgan fingerprint density at radius 3 is 2.52 bits per heavy atom. The smallest absolute Gasteiger partial charge is 0.179 e. The molecule has 29 heavy (non-hydrogen) atoms. The number of aromatic nitrogens is 4. The van der Waals surface area contributed by atoms with Gasteiger partial charge >= 0.3 is 0 Å². The maximum Gasteiger partial charge on any atom is 0.179 e. The van der Waals surface area contributed by atoms with E-state index in [4.69, 9.17) is 16.3 Å². The fraction of sp³-hybridized carbons (Fsp3) is 0.318. The van der Waals surface area contributed by atoms with Gasteiger partial charge < -0.3 is 9.84 Å². The van der Waals surface area contributed by atoms with Crippen molar-refractivity contribution in [3.63, 3.8) is 0 Å². The average molecular weight is 411 g/mol. The quantitative estimate of drug-likeness (QED) is 0.525. The molecular weight excluding hydrogens is 388 g/mol. The average Bonchev–Trinajstić information content (AvgIpc) is 3.15. The van der Waals surface area contributed by atoms with Crippen LogP contribution in [0.15, 0.2) is 42.5 Å². The summed E-state index contributed by atoms with van der Waals surface area (Å²) in [6.45, 7) is 7.85. The summed E-state index contributed by atoms with van der Waals surface area (Å²) in [5.74, 6) is 0. The van der Waals surface area contributed by atoms with Crippen LogP contribution < -0.4 is 0 Å². The van der Waals surface area contributed by atoms with Gasteiger partial charge in [-0.25, -0.2) is 0 Å². The van der Waals surface area contributed by atoms with Crippen LogP contribution in [0.5, 0.6) is 0 Å². The van der Waals surface area contributed by atoms with Crippen LogP contribution in [0.25, 0.3) is 27.7 Å². The summed E-state index contributed by atoms with van der Waals surface area (Å²) in [6, 6.07) is 13.6. The lowest BCUT2D eigenvalue weighted by molar-refractivity contribution is -0.0821. The molecule has 0 spiro atoms. The van der Waals surface area contributed by atoms with Crippen molar-refractivity contribution >= 4 is 28.2 Å². The molecule has 2 heterocycles. The fourth-order valence-corrected chi connectivity index (χ4v) is 3.88. The Kier molecular flexibility index (Phi) is 5.02. The van der Waals surface area contributed by atoms with Crippen molar-refractivity contribution in [2.75, 3.05) is 6.61 Å². The molecule has 0 unspecified atom stereocenters. The molecule has 0 radical (unpaired) electrons.